The van der Waals surface area contributed by atoms with Gasteiger partial charge in [-0.05, 0) is 56.8 Å². The van der Waals surface area contributed by atoms with E-state index < -0.39 is 0 Å². The van der Waals surface area contributed by atoms with E-state index in [4.69, 9.17) is 11.6 Å². The molecule has 1 saturated carbocycles. The lowest BCUT2D eigenvalue weighted by atomic mass is 9.95. The predicted octanol–water partition coefficient (Wildman–Crippen LogP) is 3.26. The van der Waals surface area contributed by atoms with E-state index in [0.717, 1.165) is 52.1 Å². The average Bonchev–Trinajstić information content (AvgIpc) is 3.35. The van der Waals surface area contributed by atoms with Crippen molar-refractivity contribution >= 4 is 23.4 Å². The number of halogens is 1. The lowest BCUT2D eigenvalue weighted by Crippen LogP contribution is -2.58. The quantitative estimate of drug-likeness (QED) is 0.678. The fraction of sp³-hybridized carbons (Fsp3) is 0.680. The third-order valence-electron chi connectivity index (χ3n) is 7.39. The zero-order chi connectivity index (χ0) is 22.3. The van der Waals surface area contributed by atoms with E-state index in [0.29, 0.717) is 29.6 Å². The SMILES string of the molecule is O=C(NCCN1CCCCC1)[C@@H](C1CCCC1)N1CCN(C(=O)c2ccccc2Cl)CC1. The second-order valence-electron chi connectivity index (χ2n) is 9.49. The summed E-state index contributed by atoms with van der Waals surface area (Å²) in [6.45, 7) is 6.72. The van der Waals surface area contributed by atoms with Gasteiger partial charge in [0.2, 0.25) is 5.91 Å². The summed E-state index contributed by atoms with van der Waals surface area (Å²) in [7, 11) is 0. The summed E-state index contributed by atoms with van der Waals surface area (Å²) in [6.07, 6.45) is 8.57. The molecule has 2 saturated heterocycles. The van der Waals surface area contributed by atoms with E-state index in [9.17, 15) is 9.59 Å². The molecule has 32 heavy (non-hydrogen) atoms. The molecule has 0 spiro atoms. The monoisotopic (exact) mass is 460 g/mol. The summed E-state index contributed by atoms with van der Waals surface area (Å²) in [5.74, 6) is 0.592. The van der Waals surface area contributed by atoms with Gasteiger partial charge in [-0.1, -0.05) is 43.0 Å². The molecule has 1 aliphatic carbocycles. The van der Waals surface area contributed by atoms with Crippen LogP contribution in [0.3, 0.4) is 0 Å². The number of piperidine rings is 1. The van der Waals surface area contributed by atoms with Gasteiger partial charge in [0.05, 0.1) is 16.6 Å². The minimum atomic E-state index is -0.0728. The molecule has 0 bridgehead atoms. The molecule has 1 aromatic carbocycles. The van der Waals surface area contributed by atoms with Gasteiger partial charge in [-0.3, -0.25) is 14.5 Å². The number of hydrogen-bond acceptors (Lipinski definition) is 4. The number of nitrogens with one attached hydrogen (secondary N) is 1. The first-order valence-corrected chi connectivity index (χ1v) is 12.8. The molecule has 0 unspecified atom stereocenters. The lowest BCUT2D eigenvalue weighted by Gasteiger charge is -2.41. The predicted molar refractivity (Wildman–Crippen MR) is 128 cm³/mol. The van der Waals surface area contributed by atoms with Gasteiger partial charge in [-0.25, -0.2) is 0 Å². The van der Waals surface area contributed by atoms with Crippen molar-refractivity contribution in [2.75, 3.05) is 52.4 Å². The number of hydrogen-bond donors (Lipinski definition) is 1. The van der Waals surface area contributed by atoms with Crippen molar-refractivity contribution in [3.05, 3.63) is 34.9 Å². The van der Waals surface area contributed by atoms with Crippen LogP contribution in [-0.2, 0) is 4.79 Å². The van der Waals surface area contributed by atoms with Crippen molar-refractivity contribution in [1.29, 1.82) is 0 Å². The molecular weight excluding hydrogens is 424 g/mol. The molecule has 1 aromatic rings. The summed E-state index contributed by atoms with van der Waals surface area (Å²) in [4.78, 5) is 32.9. The highest BCUT2D eigenvalue weighted by molar-refractivity contribution is 6.33. The van der Waals surface area contributed by atoms with Crippen LogP contribution in [0.4, 0.5) is 0 Å². The number of benzene rings is 1. The third-order valence-corrected chi connectivity index (χ3v) is 7.72. The Kier molecular flexibility index (Phi) is 8.44. The first kappa shape index (κ1) is 23.5. The van der Waals surface area contributed by atoms with Crippen molar-refractivity contribution in [3.63, 3.8) is 0 Å². The maximum absolute atomic E-state index is 13.3. The molecule has 0 radical (unpaired) electrons. The van der Waals surface area contributed by atoms with Crippen LogP contribution in [0.5, 0.6) is 0 Å². The largest absolute Gasteiger partial charge is 0.353 e. The van der Waals surface area contributed by atoms with Gasteiger partial charge in [0, 0.05) is 39.3 Å². The molecule has 1 atom stereocenters. The van der Waals surface area contributed by atoms with E-state index in [2.05, 4.69) is 15.1 Å². The Hall–Kier alpha value is -1.63. The summed E-state index contributed by atoms with van der Waals surface area (Å²) in [5.41, 5.74) is 0.561. The number of rotatable bonds is 7. The highest BCUT2D eigenvalue weighted by Crippen LogP contribution is 2.31. The van der Waals surface area contributed by atoms with Gasteiger partial charge < -0.3 is 15.1 Å². The number of nitrogens with zero attached hydrogens (tertiary/aromatic N) is 3. The van der Waals surface area contributed by atoms with Crippen LogP contribution in [0.2, 0.25) is 5.02 Å². The standard InChI is InChI=1S/C25H37ClN4O2/c26-22-11-5-4-10-21(22)25(32)30-18-16-29(17-19-30)23(20-8-2-3-9-20)24(31)27-12-15-28-13-6-1-7-14-28/h4-5,10-11,20,23H,1-3,6-9,12-19H2,(H,27,31)/t23-/m1/s1. The van der Waals surface area contributed by atoms with Gasteiger partial charge in [0.1, 0.15) is 0 Å². The van der Waals surface area contributed by atoms with Crippen LogP contribution in [-0.4, -0.2) is 84.9 Å². The Morgan fingerprint density at radius 3 is 2.31 bits per heavy atom. The Morgan fingerprint density at radius 1 is 0.938 bits per heavy atom. The van der Waals surface area contributed by atoms with Crippen LogP contribution in [0.15, 0.2) is 24.3 Å². The van der Waals surface area contributed by atoms with Crippen molar-refractivity contribution in [2.45, 2.75) is 51.0 Å². The Labute approximate surface area is 197 Å². The van der Waals surface area contributed by atoms with E-state index in [-0.39, 0.29) is 17.9 Å². The summed E-state index contributed by atoms with van der Waals surface area (Å²) in [5, 5.41) is 3.75. The van der Waals surface area contributed by atoms with Crippen LogP contribution in [0.25, 0.3) is 0 Å². The highest BCUT2D eigenvalue weighted by Gasteiger charge is 2.37. The first-order valence-electron chi connectivity index (χ1n) is 12.4. The lowest BCUT2D eigenvalue weighted by molar-refractivity contribution is -0.129. The molecule has 3 fully saturated rings. The van der Waals surface area contributed by atoms with Crippen molar-refractivity contribution in [2.24, 2.45) is 5.92 Å². The molecule has 0 aromatic heterocycles. The van der Waals surface area contributed by atoms with Gasteiger partial charge in [-0.2, -0.15) is 0 Å². The van der Waals surface area contributed by atoms with Crippen LogP contribution in [0.1, 0.15) is 55.3 Å². The Bertz CT molecular complexity index is 769. The number of carbonyl (C=O) groups is 2. The van der Waals surface area contributed by atoms with E-state index >= 15 is 0 Å². The topological polar surface area (TPSA) is 55.9 Å². The van der Waals surface area contributed by atoms with E-state index in [1.54, 1.807) is 12.1 Å². The second kappa shape index (κ2) is 11.5. The zero-order valence-electron chi connectivity index (χ0n) is 19.1. The summed E-state index contributed by atoms with van der Waals surface area (Å²) >= 11 is 6.24. The average molecular weight is 461 g/mol. The second-order valence-corrected chi connectivity index (χ2v) is 9.90. The molecule has 2 aliphatic heterocycles. The van der Waals surface area contributed by atoms with Gasteiger partial charge in [-0.15, -0.1) is 0 Å². The van der Waals surface area contributed by atoms with Gasteiger partial charge in [0.25, 0.3) is 5.91 Å². The number of carbonyl (C=O) groups excluding carboxylic acids is 2. The fourth-order valence-electron chi connectivity index (χ4n) is 5.58. The van der Waals surface area contributed by atoms with Gasteiger partial charge in [0.15, 0.2) is 0 Å². The van der Waals surface area contributed by atoms with Crippen LogP contribution in [0, 0.1) is 5.92 Å². The Balaban J connectivity index is 1.32. The van der Waals surface area contributed by atoms with E-state index in [1.807, 2.05) is 17.0 Å². The molecule has 2 heterocycles. The maximum Gasteiger partial charge on any atom is 0.255 e. The van der Waals surface area contributed by atoms with Crippen molar-refractivity contribution in [3.8, 4) is 0 Å². The normalized spacial score (nSPS) is 22.1. The van der Waals surface area contributed by atoms with Crippen LogP contribution < -0.4 is 5.32 Å². The third kappa shape index (κ3) is 5.83. The summed E-state index contributed by atoms with van der Waals surface area (Å²) < 4.78 is 0. The Morgan fingerprint density at radius 2 is 1.62 bits per heavy atom. The van der Waals surface area contributed by atoms with Crippen molar-refractivity contribution in [1.82, 2.24) is 20.0 Å². The number of amides is 2. The zero-order valence-corrected chi connectivity index (χ0v) is 19.9. The first-order chi connectivity index (χ1) is 15.6. The minimum absolute atomic E-state index is 0.0151. The molecule has 1 N–H and O–H groups in total. The summed E-state index contributed by atoms with van der Waals surface area (Å²) in [6, 6.07) is 7.16. The van der Waals surface area contributed by atoms with Crippen LogP contribution >= 0.6 is 11.6 Å². The number of piperazine rings is 1. The molecular formula is C25H37ClN4O2. The van der Waals surface area contributed by atoms with Crippen molar-refractivity contribution < 1.29 is 9.59 Å². The maximum atomic E-state index is 13.3. The minimum Gasteiger partial charge on any atom is -0.353 e. The molecule has 6 nitrogen and oxygen atoms in total. The molecule has 7 heteroatoms. The smallest absolute Gasteiger partial charge is 0.255 e. The molecule has 4 rings (SSSR count). The van der Waals surface area contributed by atoms with Gasteiger partial charge >= 0.3 is 0 Å². The fourth-order valence-corrected chi connectivity index (χ4v) is 5.80. The van der Waals surface area contributed by atoms with E-state index in [1.165, 1.54) is 32.1 Å². The molecule has 3 aliphatic rings. The molecule has 2 amide bonds. The number of likely N-dealkylation sites (tertiary alicyclic amines) is 1. The highest BCUT2D eigenvalue weighted by atomic mass is 35.5. The molecule has 176 valence electrons.